The minimum Gasteiger partial charge on any atom is -0.396 e. The lowest BCUT2D eigenvalue weighted by Crippen LogP contribution is -2.23. The minimum absolute atomic E-state index is 0.0233. The molecule has 0 aromatic heterocycles. The first-order chi connectivity index (χ1) is 7.91. The molecule has 0 aliphatic heterocycles. The van der Waals surface area contributed by atoms with Gasteiger partial charge in [-0.3, -0.25) is 9.00 Å². The number of hydrogen-bond donors (Lipinski definition) is 1. The maximum atomic E-state index is 13.1. The first-order valence-corrected chi connectivity index (χ1v) is 6.37. The van der Waals surface area contributed by atoms with E-state index in [2.05, 4.69) is 0 Å². The zero-order valence-corrected chi connectivity index (χ0v) is 10.6. The van der Waals surface area contributed by atoms with E-state index in [4.69, 9.17) is 5.73 Å². The van der Waals surface area contributed by atoms with Crippen LogP contribution in [0.3, 0.4) is 0 Å². The number of benzene rings is 1. The fourth-order valence-electron chi connectivity index (χ4n) is 1.17. The molecule has 0 saturated carbocycles. The molecule has 1 rings (SSSR count). The van der Waals surface area contributed by atoms with Crippen molar-refractivity contribution in [3.8, 4) is 0 Å². The van der Waals surface area contributed by atoms with Crippen molar-refractivity contribution in [3.05, 3.63) is 24.0 Å². The third-order valence-corrected chi connectivity index (χ3v) is 3.59. The number of nitrogens with two attached hydrogens (primary N) is 1. The highest BCUT2D eigenvalue weighted by atomic mass is 32.2. The van der Waals surface area contributed by atoms with Crippen molar-refractivity contribution < 1.29 is 13.4 Å². The van der Waals surface area contributed by atoms with Crippen LogP contribution in [0.25, 0.3) is 0 Å². The lowest BCUT2D eigenvalue weighted by atomic mass is 10.3. The predicted octanol–water partition coefficient (Wildman–Crippen LogP) is 0.994. The molecule has 0 fully saturated rings. The fraction of sp³-hybridized carbons (Fsp3) is 0.364. The van der Waals surface area contributed by atoms with Gasteiger partial charge in [0.15, 0.2) is 0 Å². The lowest BCUT2D eigenvalue weighted by molar-refractivity contribution is -0.128. The Morgan fingerprint density at radius 2 is 2.12 bits per heavy atom. The number of hydrogen-bond acceptors (Lipinski definition) is 3. The molecule has 94 valence electrons. The van der Waals surface area contributed by atoms with Gasteiger partial charge in [-0.15, -0.1) is 0 Å². The lowest BCUT2D eigenvalue weighted by Gasteiger charge is -2.09. The summed E-state index contributed by atoms with van der Waals surface area (Å²) in [5.41, 5.74) is 5.34. The Bertz CT molecular complexity index is 449. The molecule has 6 heteroatoms. The second-order valence-corrected chi connectivity index (χ2v) is 5.34. The fourth-order valence-corrected chi connectivity index (χ4v) is 2.22. The van der Waals surface area contributed by atoms with Gasteiger partial charge in [0.05, 0.1) is 16.5 Å². The van der Waals surface area contributed by atoms with Gasteiger partial charge in [-0.05, 0) is 18.2 Å². The zero-order valence-electron chi connectivity index (χ0n) is 9.77. The van der Waals surface area contributed by atoms with Crippen LogP contribution in [0.15, 0.2) is 23.1 Å². The van der Waals surface area contributed by atoms with Crippen molar-refractivity contribution in [1.29, 1.82) is 0 Å². The van der Waals surface area contributed by atoms with Crippen molar-refractivity contribution in [3.63, 3.8) is 0 Å². The highest BCUT2D eigenvalue weighted by Gasteiger charge is 2.10. The molecular weight excluding hydrogens is 243 g/mol. The summed E-state index contributed by atoms with van der Waals surface area (Å²) in [6, 6.07) is 4.02. The van der Waals surface area contributed by atoms with Crippen LogP contribution in [0, 0.1) is 5.82 Å². The second-order valence-electron chi connectivity index (χ2n) is 3.77. The average molecular weight is 258 g/mol. The Morgan fingerprint density at radius 1 is 1.47 bits per heavy atom. The first kappa shape index (κ1) is 13.6. The minimum atomic E-state index is -1.38. The number of nitrogens with zero attached hydrogens (tertiary/aromatic N) is 1. The highest BCUT2D eigenvalue weighted by Crippen LogP contribution is 2.15. The molecule has 0 saturated heterocycles. The van der Waals surface area contributed by atoms with Crippen LogP contribution < -0.4 is 5.73 Å². The summed E-state index contributed by atoms with van der Waals surface area (Å²) in [6.07, 6.45) is 0.172. The number of anilines is 1. The van der Waals surface area contributed by atoms with Gasteiger partial charge in [-0.25, -0.2) is 4.39 Å². The average Bonchev–Trinajstić information content (AvgIpc) is 2.28. The number of carbonyl (C=O) groups excluding carboxylic acids is 1. The number of nitrogen functional groups attached to an aromatic ring is 1. The number of carbonyl (C=O) groups is 1. The summed E-state index contributed by atoms with van der Waals surface area (Å²) in [7, 11) is 1.88. The standard InChI is InChI=1S/C11H15FN2O2S/c1-14(2)11(15)5-6-17(16)8-3-4-10(13)9(12)7-8/h3-4,7H,5-6,13H2,1-2H3. The van der Waals surface area contributed by atoms with Crippen molar-refractivity contribution >= 4 is 22.4 Å². The van der Waals surface area contributed by atoms with Crippen LogP contribution in [0.1, 0.15) is 6.42 Å². The van der Waals surface area contributed by atoms with Gasteiger partial charge in [-0.2, -0.15) is 0 Å². The maximum absolute atomic E-state index is 13.1. The van der Waals surface area contributed by atoms with E-state index >= 15 is 0 Å². The van der Waals surface area contributed by atoms with E-state index in [1.807, 2.05) is 0 Å². The molecule has 1 amide bonds. The van der Waals surface area contributed by atoms with Gasteiger partial charge in [0, 0.05) is 31.2 Å². The highest BCUT2D eigenvalue weighted by molar-refractivity contribution is 7.85. The van der Waals surface area contributed by atoms with Crippen molar-refractivity contribution in [2.75, 3.05) is 25.6 Å². The molecule has 0 heterocycles. The monoisotopic (exact) mass is 258 g/mol. The van der Waals surface area contributed by atoms with Gasteiger partial charge < -0.3 is 10.6 Å². The third-order valence-electron chi connectivity index (χ3n) is 2.23. The quantitative estimate of drug-likeness (QED) is 0.819. The maximum Gasteiger partial charge on any atom is 0.222 e. The van der Waals surface area contributed by atoms with Gasteiger partial charge in [0.2, 0.25) is 5.91 Å². The van der Waals surface area contributed by atoms with Crippen LogP contribution in [0.5, 0.6) is 0 Å². The van der Waals surface area contributed by atoms with Crippen molar-refractivity contribution in [2.45, 2.75) is 11.3 Å². The SMILES string of the molecule is CN(C)C(=O)CCS(=O)c1ccc(N)c(F)c1. The first-order valence-electron chi connectivity index (χ1n) is 5.05. The van der Waals surface area contributed by atoms with Crippen LogP contribution in [0.4, 0.5) is 10.1 Å². The Kier molecular flexibility index (Phi) is 4.62. The van der Waals surface area contributed by atoms with Gasteiger partial charge in [0.1, 0.15) is 5.82 Å². The normalized spacial score (nSPS) is 12.2. The van der Waals surface area contributed by atoms with Gasteiger partial charge in [0.25, 0.3) is 0 Å². The summed E-state index contributed by atoms with van der Waals surface area (Å²) in [4.78, 5) is 13.1. The molecular formula is C11H15FN2O2S. The molecule has 17 heavy (non-hydrogen) atoms. The van der Waals surface area contributed by atoms with E-state index in [-0.39, 0.29) is 23.8 Å². The molecule has 0 aliphatic carbocycles. The molecule has 2 N–H and O–H groups in total. The molecule has 0 bridgehead atoms. The molecule has 1 aromatic carbocycles. The van der Waals surface area contributed by atoms with E-state index in [0.717, 1.165) is 6.07 Å². The van der Waals surface area contributed by atoms with E-state index in [1.54, 1.807) is 14.1 Å². The van der Waals surface area contributed by atoms with Crippen LogP contribution in [-0.2, 0) is 15.6 Å². The summed E-state index contributed by atoms with van der Waals surface area (Å²) in [5, 5.41) is 0. The summed E-state index contributed by atoms with van der Waals surface area (Å²) in [6.45, 7) is 0. The van der Waals surface area contributed by atoms with Gasteiger partial charge in [-0.1, -0.05) is 0 Å². The van der Waals surface area contributed by atoms with E-state index in [0.29, 0.717) is 4.90 Å². The smallest absolute Gasteiger partial charge is 0.222 e. The largest absolute Gasteiger partial charge is 0.396 e. The molecule has 0 spiro atoms. The Morgan fingerprint density at radius 3 is 2.65 bits per heavy atom. The van der Waals surface area contributed by atoms with Crippen LogP contribution in [-0.4, -0.2) is 34.9 Å². The third kappa shape index (κ3) is 3.81. The second kappa shape index (κ2) is 5.77. The topological polar surface area (TPSA) is 63.4 Å². The van der Waals surface area contributed by atoms with Crippen LogP contribution >= 0.6 is 0 Å². The van der Waals surface area contributed by atoms with E-state index in [9.17, 15) is 13.4 Å². The Balaban J connectivity index is 2.64. The molecule has 4 nitrogen and oxygen atoms in total. The molecule has 1 aromatic rings. The zero-order chi connectivity index (χ0) is 13.0. The summed E-state index contributed by atoms with van der Waals surface area (Å²) in [5.74, 6) is -0.510. The Labute approximate surface area is 102 Å². The predicted molar refractivity (Wildman–Crippen MR) is 65.4 cm³/mol. The molecule has 0 aliphatic rings. The molecule has 0 radical (unpaired) electrons. The van der Waals surface area contributed by atoms with E-state index < -0.39 is 16.6 Å². The van der Waals surface area contributed by atoms with Crippen LogP contribution in [0.2, 0.25) is 0 Å². The van der Waals surface area contributed by atoms with E-state index in [1.165, 1.54) is 17.0 Å². The number of amides is 1. The summed E-state index contributed by atoms with van der Waals surface area (Å²) < 4.78 is 24.9. The number of rotatable bonds is 4. The molecule has 1 atom stereocenters. The Hall–Kier alpha value is -1.43. The van der Waals surface area contributed by atoms with Crippen molar-refractivity contribution in [2.24, 2.45) is 0 Å². The number of halogens is 1. The van der Waals surface area contributed by atoms with Crippen molar-refractivity contribution in [1.82, 2.24) is 4.90 Å². The van der Waals surface area contributed by atoms with Gasteiger partial charge >= 0.3 is 0 Å². The molecule has 1 unspecified atom stereocenters. The summed E-state index contributed by atoms with van der Waals surface area (Å²) >= 11 is 0.